The Balaban J connectivity index is 1.86. The molecule has 1 N–H and O–H groups in total. The first-order valence-corrected chi connectivity index (χ1v) is 7.64. The van der Waals surface area contributed by atoms with E-state index in [-0.39, 0.29) is 6.04 Å². The molecule has 4 nitrogen and oxygen atoms in total. The highest BCUT2D eigenvalue weighted by molar-refractivity contribution is 7.16. The first kappa shape index (κ1) is 12.2. The van der Waals surface area contributed by atoms with Crippen LogP contribution in [0.3, 0.4) is 0 Å². The second-order valence-corrected chi connectivity index (χ2v) is 6.39. The molecule has 3 heterocycles. The minimum Gasteiger partial charge on any atom is -0.378 e. The Bertz CT molecular complexity index is 543. The smallest absolute Gasteiger partial charge is 0.113 e. The quantitative estimate of drug-likeness (QED) is 0.919. The molecule has 0 bridgehead atoms. The lowest BCUT2D eigenvalue weighted by molar-refractivity contribution is 0.0768. The molecule has 2 aromatic rings. The summed E-state index contributed by atoms with van der Waals surface area (Å²) in [5.74, 6) is 0. The minimum atomic E-state index is 0.242. The van der Waals surface area contributed by atoms with Crippen LogP contribution >= 0.6 is 22.7 Å². The van der Waals surface area contributed by atoms with Gasteiger partial charge in [-0.1, -0.05) is 0 Å². The lowest BCUT2D eigenvalue weighted by Gasteiger charge is -2.21. The van der Waals surface area contributed by atoms with Crippen LogP contribution in [0.25, 0.3) is 10.6 Å². The second kappa shape index (κ2) is 5.05. The summed E-state index contributed by atoms with van der Waals surface area (Å²) < 4.78 is 5.47. The van der Waals surface area contributed by atoms with Gasteiger partial charge in [0.1, 0.15) is 5.01 Å². The van der Waals surface area contributed by atoms with Crippen molar-refractivity contribution < 1.29 is 4.74 Å². The third-order valence-corrected chi connectivity index (χ3v) is 4.93. The molecule has 0 radical (unpaired) electrons. The van der Waals surface area contributed by atoms with Crippen molar-refractivity contribution in [1.29, 1.82) is 0 Å². The third-order valence-electron chi connectivity index (χ3n) is 2.88. The third kappa shape index (κ3) is 2.33. The fourth-order valence-corrected chi connectivity index (χ4v) is 3.87. The fraction of sp³-hybridized carbons (Fsp3) is 0.500. The summed E-state index contributed by atoms with van der Waals surface area (Å²) in [6.07, 6.45) is 0. The van der Waals surface area contributed by atoms with Crippen LogP contribution in [0.15, 0.2) is 5.38 Å². The summed E-state index contributed by atoms with van der Waals surface area (Å²) in [7, 11) is 0. The van der Waals surface area contributed by atoms with Gasteiger partial charge in [0, 0.05) is 11.9 Å². The molecule has 0 saturated carbocycles. The van der Waals surface area contributed by atoms with Crippen molar-refractivity contribution in [2.45, 2.75) is 19.9 Å². The number of hydrogen-bond donors (Lipinski definition) is 1. The SMILES string of the molecule is Cc1nc(C)c(-c2csc(C3COCCN3)n2)s1. The van der Waals surface area contributed by atoms with Gasteiger partial charge in [-0.25, -0.2) is 9.97 Å². The van der Waals surface area contributed by atoms with Crippen molar-refractivity contribution in [1.82, 2.24) is 15.3 Å². The molecular weight excluding hydrogens is 266 g/mol. The fourth-order valence-electron chi connectivity index (χ4n) is 2.04. The van der Waals surface area contributed by atoms with Crippen molar-refractivity contribution in [2.24, 2.45) is 0 Å². The van der Waals surface area contributed by atoms with Crippen LogP contribution in [-0.4, -0.2) is 29.7 Å². The minimum absolute atomic E-state index is 0.242. The summed E-state index contributed by atoms with van der Waals surface area (Å²) in [6.45, 7) is 6.48. The average Bonchev–Trinajstić information content (AvgIpc) is 2.97. The number of nitrogens with one attached hydrogen (secondary N) is 1. The molecule has 1 unspecified atom stereocenters. The highest BCUT2D eigenvalue weighted by Gasteiger charge is 2.20. The van der Waals surface area contributed by atoms with E-state index in [2.05, 4.69) is 15.7 Å². The Morgan fingerprint density at radius 2 is 2.28 bits per heavy atom. The standard InChI is InChI=1S/C12H15N3OS2/c1-7-11(18-8(2)14-7)10-6-17-12(15-10)9-5-16-4-3-13-9/h6,9,13H,3-5H2,1-2H3. The molecule has 0 amide bonds. The molecule has 1 saturated heterocycles. The number of rotatable bonds is 2. The van der Waals surface area contributed by atoms with Gasteiger partial charge in [0.15, 0.2) is 0 Å². The van der Waals surface area contributed by atoms with Gasteiger partial charge in [0.05, 0.1) is 40.5 Å². The Labute approximate surface area is 114 Å². The first-order chi connectivity index (χ1) is 8.74. The molecule has 1 fully saturated rings. The summed E-state index contributed by atoms with van der Waals surface area (Å²) >= 11 is 3.40. The predicted octanol–water partition coefficient (Wildman–Crippen LogP) is 2.54. The van der Waals surface area contributed by atoms with Crippen molar-refractivity contribution in [3.8, 4) is 10.6 Å². The zero-order chi connectivity index (χ0) is 12.5. The Morgan fingerprint density at radius 1 is 1.39 bits per heavy atom. The van der Waals surface area contributed by atoms with Crippen molar-refractivity contribution >= 4 is 22.7 Å². The maximum Gasteiger partial charge on any atom is 0.113 e. The molecule has 0 spiro atoms. The van der Waals surface area contributed by atoms with E-state index in [0.717, 1.165) is 34.6 Å². The average molecular weight is 281 g/mol. The van der Waals surface area contributed by atoms with Crippen LogP contribution in [0.4, 0.5) is 0 Å². The maximum absolute atomic E-state index is 5.47. The summed E-state index contributed by atoms with van der Waals surface area (Å²) in [6, 6.07) is 0.242. The highest BCUT2D eigenvalue weighted by atomic mass is 32.1. The van der Waals surface area contributed by atoms with Crippen LogP contribution in [-0.2, 0) is 4.74 Å². The molecular formula is C12H15N3OS2. The lowest BCUT2D eigenvalue weighted by Crippen LogP contribution is -2.34. The monoisotopic (exact) mass is 281 g/mol. The summed E-state index contributed by atoms with van der Waals surface area (Å²) in [5, 5.41) is 7.75. The van der Waals surface area contributed by atoms with E-state index in [1.54, 1.807) is 22.7 Å². The second-order valence-electron chi connectivity index (χ2n) is 4.30. The number of morpholine rings is 1. The van der Waals surface area contributed by atoms with Gasteiger partial charge in [-0.2, -0.15) is 0 Å². The molecule has 0 aliphatic carbocycles. The molecule has 18 heavy (non-hydrogen) atoms. The van der Waals surface area contributed by atoms with E-state index in [0.29, 0.717) is 6.61 Å². The van der Waals surface area contributed by atoms with Crippen molar-refractivity contribution in [3.63, 3.8) is 0 Å². The van der Waals surface area contributed by atoms with Gasteiger partial charge in [-0.05, 0) is 13.8 Å². The lowest BCUT2D eigenvalue weighted by atomic mass is 10.3. The van der Waals surface area contributed by atoms with Crippen LogP contribution in [0, 0.1) is 13.8 Å². The van der Waals surface area contributed by atoms with Crippen LogP contribution in [0.5, 0.6) is 0 Å². The summed E-state index contributed by atoms with van der Waals surface area (Å²) in [4.78, 5) is 10.4. The van der Waals surface area contributed by atoms with Crippen LogP contribution in [0.1, 0.15) is 21.8 Å². The number of aryl methyl sites for hydroxylation is 2. The van der Waals surface area contributed by atoms with E-state index >= 15 is 0 Å². The van der Waals surface area contributed by atoms with Gasteiger partial charge >= 0.3 is 0 Å². The van der Waals surface area contributed by atoms with E-state index in [1.807, 2.05) is 13.8 Å². The van der Waals surface area contributed by atoms with Gasteiger partial charge in [0.25, 0.3) is 0 Å². The zero-order valence-corrected chi connectivity index (χ0v) is 12.0. The van der Waals surface area contributed by atoms with Gasteiger partial charge in [-0.3, -0.25) is 0 Å². The molecule has 1 aliphatic heterocycles. The highest BCUT2D eigenvalue weighted by Crippen LogP contribution is 2.32. The number of ether oxygens (including phenoxy) is 1. The van der Waals surface area contributed by atoms with Crippen LogP contribution < -0.4 is 5.32 Å². The van der Waals surface area contributed by atoms with E-state index in [1.165, 1.54) is 4.88 Å². The topological polar surface area (TPSA) is 47.0 Å². The van der Waals surface area contributed by atoms with Crippen molar-refractivity contribution in [2.75, 3.05) is 19.8 Å². The van der Waals surface area contributed by atoms with Crippen LogP contribution in [0.2, 0.25) is 0 Å². The zero-order valence-electron chi connectivity index (χ0n) is 10.4. The number of thiazole rings is 2. The molecule has 1 aliphatic rings. The molecule has 6 heteroatoms. The predicted molar refractivity (Wildman–Crippen MR) is 74.3 cm³/mol. The van der Waals surface area contributed by atoms with Gasteiger partial charge in [-0.15, -0.1) is 22.7 Å². The number of aromatic nitrogens is 2. The van der Waals surface area contributed by atoms with E-state index < -0.39 is 0 Å². The van der Waals surface area contributed by atoms with Gasteiger partial charge in [0.2, 0.25) is 0 Å². The molecule has 3 rings (SSSR count). The van der Waals surface area contributed by atoms with Crippen molar-refractivity contribution in [3.05, 3.63) is 21.1 Å². The van der Waals surface area contributed by atoms with E-state index in [4.69, 9.17) is 9.72 Å². The first-order valence-electron chi connectivity index (χ1n) is 5.95. The largest absolute Gasteiger partial charge is 0.378 e. The number of hydrogen-bond acceptors (Lipinski definition) is 6. The Hall–Kier alpha value is -0.820. The molecule has 96 valence electrons. The Morgan fingerprint density at radius 3 is 2.94 bits per heavy atom. The molecule has 0 aromatic carbocycles. The molecule has 2 aromatic heterocycles. The Kier molecular flexibility index (Phi) is 3.43. The van der Waals surface area contributed by atoms with Gasteiger partial charge < -0.3 is 10.1 Å². The number of nitrogens with zero attached hydrogens (tertiary/aromatic N) is 2. The van der Waals surface area contributed by atoms with E-state index in [9.17, 15) is 0 Å². The maximum atomic E-state index is 5.47. The normalized spacial score (nSPS) is 20.2. The molecule has 1 atom stereocenters. The summed E-state index contributed by atoms with van der Waals surface area (Å²) in [5.41, 5.74) is 2.12.